The number of carbonyl (C=O) groups is 2. The molecule has 2 heterocycles. The van der Waals surface area contributed by atoms with Crippen molar-refractivity contribution in [2.45, 2.75) is 26.8 Å². The number of carbonyl (C=O) groups excluding carboxylic acids is 2. The molecule has 30 heavy (non-hydrogen) atoms. The average Bonchev–Trinajstić information content (AvgIpc) is 3.05. The minimum atomic E-state index is -0.571. The van der Waals surface area contributed by atoms with Gasteiger partial charge in [-0.2, -0.15) is 5.26 Å². The number of aromatic nitrogens is 1. The third-order valence-electron chi connectivity index (χ3n) is 5.98. The Balaban J connectivity index is 2.02. The fourth-order valence-corrected chi connectivity index (χ4v) is 4.38. The zero-order chi connectivity index (χ0) is 21.6. The van der Waals surface area contributed by atoms with Gasteiger partial charge in [0.05, 0.1) is 22.7 Å². The normalized spacial score (nSPS) is 13.0. The van der Waals surface area contributed by atoms with Gasteiger partial charge in [0.15, 0.2) is 0 Å². The predicted molar refractivity (Wildman–Crippen MR) is 116 cm³/mol. The van der Waals surface area contributed by atoms with E-state index in [1.54, 1.807) is 11.0 Å². The number of nitrogens with two attached hydrogens (primary N) is 1. The number of nitrogens with one attached hydrogen (secondary N) is 1. The lowest BCUT2D eigenvalue weighted by Gasteiger charge is -2.30. The molecule has 0 atom stereocenters. The Morgan fingerprint density at radius 1 is 1.33 bits per heavy atom. The maximum absolute atomic E-state index is 12.1. The maximum Gasteiger partial charge on any atom is 0.250 e. The van der Waals surface area contributed by atoms with E-state index >= 15 is 0 Å². The minimum Gasteiger partial charge on any atom is -0.366 e. The third kappa shape index (κ3) is 2.87. The van der Waals surface area contributed by atoms with E-state index in [1.807, 2.05) is 32.0 Å². The summed E-state index contributed by atoms with van der Waals surface area (Å²) in [6, 6.07) is 9.80. The molecule has 150 valence electrons. The van der Waals surface area contributed by atoms with Crippen LogP contribution in [0.25, 0.3) is 22.0 Å². The van der Waals surface area contributed by atoms with Crippen LogP contribution in [0.4, 0.5) is 0 Å². The number of nitriles is 1. The third-order valence-corrected chi connectivity index (χ3v) is 5.98. The number of aryl methyl sites for hydroxylation is 2. The van der Waals surface area contributed by atoms with Crippen molar-refractivity contribution in [1.29, 1.82) is 5.26 Å². The molecule has 0 fully saturated rings. The van der Waals surface area contributed by atoms with Crippen LogP contribution in [0, 0.1) is 25.2 Å². The summed E-state index contributed by atoms with van der Waals surface area (Å²) in [6.45, 7) is 8.59. The van der Waals surface area contributed by atoms with Crippen LogP contribution in [0.3, 0.4) is 0 Å². The number of benzene rings is 2. The predicted octanol–water partition coefficient (Wildman–Crippen LogP) is 3.49. The van der Waals surface area contributed by atoms with Crippen molar-refractivity contribution >= 4 is 22.7 Å². The number of nitrogens with zero attached hydrogens (tertiary/aromatic N) is 2. The zero-order valence-corrected chi connectivity index (χ0v) is 17.0. The first kappa shape index (κ1) is 19.5. The summed E-state index contributed by atoms with van der Waals surface area (Å²) in [6.07, 6.45) is 2.01. The van der Waals surface area contributed by atoms with Gasteiger partial charge in [0.1, 0.15) is 0 Å². The van der Waals surface area contributed by atoms with E-state index < -0.39 is 5.91 Å². The molecule has 0 bridgehead atoms. The van der Waals surface area contributed by atoms with E-state index in [4.69, 9.17) is 5.73 Å². The molecule has 0 spiro atoms. The number of aromatic amines is 1. The van der Waals surface area contributed by atoms with Crippen molar-refractivity contribution in [3.63, 3.8) is 0 Å². The number of primary amides is 1. The molecule has 0 aliphatic carbocycles. The summed E-state index contributed by atoms with van der Waals surface area (Å²) in [4.78, 5) is 29.2. The molecule has 0 unspecified atom stereocenters. The lowest BCUT2D eigenvalue weighted by Crippen LogP contribution is -2.34. The lowest BCUT2D eigenvalue weighted by molar-refractivity contribution is -0.126. The largest absolute Gasteiger partial charge is 0.366 e. The minimum absolute atomic E-state index is 0.0888. The van der Waals surface area contributed by atoms with Gasteiger partial charge >= 0.3 is 0 Å². The Bertz CT molecular complexity index is 1280. The molecular formula is C24H22N4O2. The summed E-state index contributed by atoms with van der Waals surface area (Å²) in [5.41, 5.74) is 12.8. The van der Waals surface area contributed by atoms with E-state index in [9.17, 15) is 14.9 Å². The van der Waals surface area contributed by atoms with Crippen LogP contribution < -0.4 is 5.73 Å². The van der Waals surface area contributed by atoms with Gasteiger partial charge in [-0.05, 0) is 54.7 Å². The van der Waals surface area contributed by atoms with Gasteiger partial charge in [-0.25, -0.2) is 0 Å². The van der Waals surface area contributed by atoms with E-state index in [1.165, 1.54) is 6.08 Å². The fourth-order valence-electron chi connectivity index (χ4n) is 4.38. The lowest BCUT2D eigenvalue weighted by atomic mass is 9.85. The quantitative estimate of drug-likeness (QED) is 0.660. The van der Waals surface area contributed by atoms with E-state index in [0.29, 0.717) is 36.2 Å². The van der Waals surface area contributed by atoms with Crippen molar-refractivity contribution < 1.29 is 9.59 Å². The van der Waals surface area contributed by atoms with Crippen LogP contribution in [-0.4, -0.2) is 28.2 Å². The topological polar surface area (TPSA) is 103 Å². The number of H-pyrrole nitrogens is 1. The summed E-state index contributed by atoms with van der Waals surface area (Å²) in [7, 11) is 0. The fraction of sp³-hybridized carbons (Fsp3) is 0.208. The highest BCUT2D eigenvalue weighted by atomic mass is 16.2. The number of rotatable bonds is 3. The second kappa shape index (κ2) is 7.20. The summed E-state index contributed by atoms with van der Waals surface area (Å²) >= 11 is 0. The SMILES string of the molecule is C=CC(=O)N1CCc2c(cccc2-c2c(C#N)cc(C(N)=O)c3[nH]c(C)c(C)c23)C1. The molecule has 6 heteroatoms. The first-order chi connectivity index (χ1) is 14.4. The number of hydrogen-bond acceptors (Lipinski definition) is 3. The van der Waals surface area contributed by atoms with E-state index in [2.05, 4.69) is 17.6 Å². The molecule has 2 amide bonds. The van der Waals surface area contributed by atoms with Gasteiger partial charge < -0.3 is 15.6 Å². The second-order valence-corrected chi connectivity index (χ2v) is 7.60. The molecule has 2 aromatic carbocycles. The molecule has 0 saturated heterocycles. The van der Waals surface area contributed by atoms with Crippen LogP contribution in [0.15, 0.2) is 36.9 Å². The van der Waals surface area contributed by atoms with Crippen LogP contribution in [0.2, 0.25) is 0 Å². The van der Waals surface area contributed by atoms with E-state index in [0.717, 1.165) is 38.9 Å². The van der Waals surface area contributed by atoms with Crippen molar-refractivity contribution in [3.8, 4) is 17.2 Å². The summed E-state index contributed by atoms with van der Waals surface area (Å²) < 4.78 is 0. The molecule has 4 rings (SSSR count). The molecule has 3 N–H and O–H groups in total. The summed E-state index contributed by atoms with van der Waals surface area (Å²) in [5.74, 6) is -0.660. The molecular weight excluding hydrogens is 376 g/mol. The van der Waals surface area contributed by atoms with Gasteiger partial charge in [0, 0.05) is 29.7 Å². The van der Waals surface area contributed by atoms with Crippen molar-refractivity contribution in [1.82, 2.24) is 9.88 Å². The smallest absolute Gasteiger partial charge is 0.250 e. The van der Waals surface area contributed by atoms with Gasteiger partial charge in [-0.15, -0.1) is 0 Å². The van der Waals surface area contributed by atoms with Crippen LogP contribution in [-0.2, 0) is 17.8 Å². The van der Waals surface area contributed by atoms with Crippen LogP contribution in [0.5, 0.6) is 0 Å². The summed E-state index contributed by atoms with van der Waals surface area (Å²) in [5, 5.41) is 10.8. The van der Waals surface area contributed by atoms with Gasteiger partial charge in [-0.3, -0.25) is 9.59 Å². The first-order valence-corrected chi connectivity index (χ1v) is 9.75. The van der Waals surface area contributed by atoms with Crippen molar-refractivity contribution in [2.75, 3.05) is 6.54 Å². The van der Waals surface area contributed by atoms with Gasteiger partial charge in [0.2, 0.25) is 5.91 Å². The molecule has 1 aliphatic heterocycles. The maximum atomic E-state index is 12.1. The molecule has 0 radical (unpaired) electrons. The molecule has 1 aromatic heterocycles. The molecule has 6 nitrogen and oxygen atoms in total. The zero-order valence-electron chi connectivity index (χ0n) is 17.0. The standard InChI is InChI=1S/C24H22N4O2/c1-4-20(29)28-9-8-17-15(12-28)6-5-7-18(17)22-16(11-25)10-19(24(26)30)23-21(22)13(2)14(3)27-23/h4-7,10,27H,1,8-9,12H2,2-3H3,(H2,26,30). The Hall–Kier alpha value is -3.85. The Morgan fingerprint density at radius 3 is 2.77 bits per heavy atom. The average molecular weight is 398 g/mol. The Labute approximate surface area is 174 Å². The first-order valence-electron chi connectivity index (χ1n) is 9.75. The molecule has 0 saturated carbocycles. The van der Waals surface area contributed by atoms with Gasteiger partial charge in [-0.1, -0.05) is 24.8 Å². The molecule has 3 aromatic rings. The van der Waals surface area contributed by atoms with E-state index in [-0.39, 0.29) is 5.91 Å². The second-order valence-electron chi connectivity index (χ2n) is 7.60. The molecule has 1 aliphatic rings. The van der Waals surface area contributed by atoms with Crippen LogP contribution in [0.1, 0.15) is 38.3 Å². The van der Waals surface area contributed by atoms with Crippen molar-refractivity contribution in [2.24, 2.45) is 5.73 Å². The Morgan fingerprint density at radius 2 is 2.10 bits per heavy atom. The Kier molecular flexibility index (Phi) is 4.67. The number of fused-ring (bicyclic) bond motifs is 2. The monoisotopic (exact) mass is 398 g/mol. The van der Waals surface area contributed by atoms with Gasteiger partial charge in [0.25, 0.3) is 5.91 Å². The van der Waals surface area contributed by atoms with Crippen molar-refractivity contribution in [3.05, 3.63) is 70.4 Å². The highest BCUT2D eigenvalue weighted by Crippen LogP contribution is 2.40. The highest BCUT2D eigenvalue weighted by molar-refractivity contribution is 6.12. The number of hydrogen-bond donors (Lipinski definition) is 2. The highest BCUT2D eigenvalue weighted by Gasteiger charge is 2.26. The number of amides is 2. The van der Waals surface area contributed by atoms with Crippen LogP contribution >= 0.6 is 0 Å².